The van der Waals surface area contributed by atoms with Crippen molar-refractivity contribution < 1.29 is 4.74 Å². The summed E-state index contributed by atoms with van der Waals surface area (Å²) in [4.78, 5) is 2.45. The van der Waals surface area contributed by atoms with Crippen LogP contribution in [0.4, 0.5) is 0 Å². The van der Waals surface area contributed by atoms with Crippen LogP contribution in [0.5, 0.6) is 5.75 Å². The second kappa shape index (κ2) is 8.88. The number of piperazine rings is 1. The molecule has 2 aromatic rings. The van der Waals surface area contributed by atoms with Gasteiger partial charge in [-0.25, -0.2) is 0 Å². The van der Waals surface area contributed by atoms with Gasteiger partial charge in [-0.3, -0.25) is 9.91 Å². The Hall–Kier alpha value is -2.04. The van der Waals surface area contributed by atoms with Crippen LogP contribution in [0, 0.1) is 0 Å². The quantitative estimate of drug-likeness (QED) is 0.734. The Labute approximate surface area is 154 Å². The number of rotatable bonds is 6. The Morgan fingerprint density at radius 3 is 2.48 bits per heavy atom. The highest BCUT2D eigenvalue weighted by molar-refractivity contribution is 6.30. The third-order valence-corrected chi connectivity index (χ3v) is 4.50. The van der Waals surface area contributed by atoms with Gasteiger partial charge in [0.05, 0.1) is 12.8 Å². The molecule has 3 rings (SSSR count). The molecular formula is C20H24ClN3O. The molecule has 0 aliphatic carbocycles. The molecule has 0 N–H and O–H groups in total. The van der Waals surface area contributed by atoms with Crippen molar-refractivity contribution in [1.29, 1.82) is 0 Å². The van der Waals surface area contributed by atoms with E-state index in [0.29, 0.717) is 6.61 Å². The van der Waals surface area contributed by atoms with Gasteiger partial charge in [-0.05, 0) is 36.8 Å². The molecule has 0 bridgehead atoms. The summed E-state index contributed by atoms with van der Waals surface area (Å²) in [5.74, 6) is 0.884. The van der Waals surface area contributed by atoms with Crippen molar-refractivity contribution in [3.63, 3.8) is 0 Å². The van der Waals surface area contributed by atoms with E-state index in [9.17, 15) is 0 Å². The lowest BCUT2D eigenvalue weighted by Gasteiger charge is -2.33. The normalized spacial score (nSPS) is 15.7. The fraction of sp³-hybridized carbons (Fsp3) is 0.350. The van der Waals surface area contributed by atoms with Gasteiger partial charge in [0, 0.05) is 43.3 Å². The lowest BCUT2D eigenvalue weighted by molar-refractivity contribution is 0.131. The van der Waals surface area contributed by atoms with E-state index < -0.39 is 0 Å². The highest BCUT2D eigenvalue weighted by Crippen LogP contribution is 2.16. The number of para-hydroxylation sites is 1. The van der Waals surface area contributed by atoms with Crippen molar-refractivity contribution in [2.45, 2.75) is 13.5 Å². The second-order valence-electron chi connectivity index (χ2n) is 6.07. The number of benzene rings is 2. The highest BCUT2D eigenvalue weighted by Gasteiger charge is 2.15. The first-order valence-electron chi connectivity index (χ1n) is 8.72. The summed E-state index contributed by atoms with van der Waals surface area (Å²) in [6.07, 6.45) is 1.90. The fourth-order valence-electron chi connectivity index (χ4n) is 2.88. The third kappa shape index (κ3) is 5.21. The first-order chi connectivity index (χ1) is 12.2. The van der Waals surface area contributed by atoms with Crippen molar-refractivity contribution in [3.05, 3.63) is 64.7 Å². The summed E-state index contributed by atoms with van der Waals surface area (Å²) in [5.41, 5.74) is 2.32. The molecule has 2 aromatic carbocycles. The van der Waals surface area contributed by atoms with Gasteiger partial charge in [-0.15, -0.1) is 0 Å². The highest BCUT2D eigenvalue weighted by atomic mass is 35.5. The van der Waals surface area contributed by atoms with Crippen LogP contribution in [0.3, 0.4) is 0 Å². The zero-order chi connectivity index (χ0) is 17.5. The summed E-state index contributed by atoms with van der Waals surface area (Å²) in [7, 11) is 0. The smallest absolute Gasteiger partial charge is 0.128 e. The third-order valence-electron chi connectivity index (χ3n) is 4.25. The van der Waals surface area contributed by atoms with E-state index in [-0.39, 0.29) is 0 Å². The average Bonchev–Trinajstić information content (AvgIpc) is 2.64. The molecule has 0 amide bonds. The Balaban J connectivity index is 1.51. The van der Waals surface area contributed by atoms with Crippen LogP contribution in [0.2, 0.25) is 5.02 Å². The topological polar surface area (TPSA) is 28.1 Å². The maximum atomic E-state index is 5.94. The molecule has 25 heavy (non-hydrogen) atoms. The van der Waals surface area contributed by atoms with E-state index in [4.69, 9.17) is 16.3 Å². The zero-order valence-corrected chi connectivity index (χ0v) is 15.3. The summed E-state index contributed by atoms with van der Waals surface area (Å²) < 4.78 is 5.64. The van der Waals surface area contributed by atoms with Gasteiger partial charge in [-0.2, -0.15) is 5.10 Å². The Bertz CT molecular complexity index is 694. The number of ether oxygens (including phenoxy) is 1. The minimum absolute atomic E-state index is 0.661. The van der Waals surface area contributed by atoms with Crippen LogP contribution in [0.15, 0.2) is 53.6 Å². The fourth-order valence-corrected chi connectivity index (χ4v) is 3.00. The summed E-state index contributed by atoms with van der Waals surface area (Å²) >= 11 is 5.94. The number of halogens is 1. The molecule has 132 valence electrons. The Kier molecular flexibility index (Phi) is 6.31. The maximum Gasteiger partial charge on any atom is 0.128 e. The summed E-state index contributed by atoms with van der Waals surface area (Å²) in [5, 5.41) is 7.55. The van der Waals surface area contributed by atoms with Gasteiger partial charge in [-0.1, -0.05) is 35.9 Å². The average molecular weight is 358 g/mol. The summed E-state index contributed by atoms with van der Waals surface area (Å²) in [6, 6.07) is 16.1. The molecule has 1 aliphatic heterocycles. The largest absolute Gasteiger partial charge is 0.493 e. The maximum absolute atomic E-state index is 5.94. The van der Waals surface area contributed by atoms with Crippen LogP contribution in [-0.2, 0) is 6.54 Å². The number of hydrogen-bond donors (Lipinski definition) is 0. The minimum Gasteiger partial charge on any atom is -0.493 e. The molecule has 1 aliphatic rings. The van der Waals surface area contributed by atoms with Crippen molar-refractivity contribution in [1.82, 2.24) is 9.91 Å². The number of hydrogen-bond acceptors (Lipinski definition) is 4. The number of nitrogens with zero attached hydrogens (tertiary/aromatic N) is 3. The molecular weight excluding hydrogens is 334 g/mol. The van der Waals surface area contributed by atoms with Crippen LogP contribution < -0.4 is 4.74 Å². The molecule has 0 radical (unpaired) electrons. The van der Waals surface area contributed by atoms with Crippen LogP contribution in [0.1, 0.15) is 18.1 Å². The van der Waals surface area contributed by atoms with Gasteiger partial charge in [0.25, 0.3) is 0 Å². The molecule has 0 spiro atoms. The molecule has 0 saturated carbocycles. The number of hydrazone groups is 1. The molecule has 1 heterocycles. The van der Waals surface area contributed by atoms with Crippen molar-refractivity contribution >= 4 is 17.8 Å². The lowest BCUT2D eigenvalue weighted by Crippen LogP contribution is -2.43. The van der Waals surface area contributed by atoms with Crippen LogP contribution >= 0.6 is 11.6 Å². The van der Waals surface area contributed by atoms with E-state index in [1.54, 1.807) is 0 Å². The Morgan fingerprint density at radius 1 is 1.04 bits per heavy atom. The summed E-state index contributed by atoms with van der Waals surface area (Å²) in [6.45, 7) is 7.49. The predicted octanol–water partition coefficient (Wildman–Crippen LogP) is 3.89. The standard InChI is InChI=1S/C20H24ClN3O/c1-2-25-20-6-4-3-5-18(20)15-22-24-13-11-23(12-14-24)16-17-7-9-19(21)10-8-17/h3-10,15H,2,11-14,16H2,1H3. The van der Waals surface area contributed by atoms with Crippen molar-refractivity contribution in [3.8, 4) is 5.75 Å². The van der Waals surface area contributed by atoms with E-state index in [1.807, 2.05) is 49.5 Å². The van der Waals surface area contributed by atoms with Gasteiger partial charge >= 0.3 is 0 Å². The van der Waals surface area contributed by atoms with Crippen LogP contribution in [0.25, 0.3) is 0 Å². The van der Waals surface area contributed by atoms with E-state index >= 15 is 0 Å². The first-order valence-corrected chi connectivity index (χ1v) is 9.10. The second-order valence-corrected chi connectivity index (χ2v) is 6.51. The van der Waals surface area contributed by atoms with Gasteiger partial charge in [0.1, 0.15) is 5.75 Å². The minimum atomic E-state index is 0.661. The molecule has 1 saturated heterocycles. The van der Waals surface area contributed by atoms with Crippen molar-refractivity contribution in [2.75, 3.05) is 32.8 Å². The van der Waals surface area contributed by atoms with Gasteiger partial charge in [0.2, 0.25) is 0 Å². The molecule has 0 aromatic heterocycles. The first kappa shape index (κ1) is 17.8. The zero-order valence-electron chi connectivity index (χ0n) is 14.6. The Morgan fingerprint density at radius 2 is 1.76 bits per heavy atom. The molecule has 0 atom stereocenters. The predicted molar refractivity (Wildman–Crippen MR) is 104 cm³/mol. The van der Waals surface area contributed by atoms with Gasteiger partial charge in [0.15, 0.2) is 0 Å². The molecule has 5 heteroatoms. The van der Waals surface area contributed by atoms with Gasteiger partial charge < -0.3 is 4.74 Å². The van der Waals surface area contributed by atoms with E-state index in [1.165, 1.54) is 5.56 Å². The molecule has 0 unspecified atom stereocenters. The van der Waals surface area contributed by atoms with Crippen molar-refractivity contribution in [2.24, 2.45) is 5.10 Å². The van der Waals surface area contributed by atoms with E-state index in [2.05, 4.69) is 27.1 Å². The molecule has 4 nitrogen and oxygen atoms in total. The SMILES string of the molecule is CCOc1ccccc1C=NN1CCN(Cc2ccc(Cl)cc2)CC1. The van der Waals surface area contributed by atoms with Crippen LogP contribution in [-0.4, -0.2) is 48.9 Å². The molecule has 1 fully saturated rings. The monoisotopic (exact) mass is 357 g/mol. The van der Waals surface area contributed by atoms with E-state index in [0.717, 1.165) is 49.1 Å². The lowest BCUT2D eigenvalue weighted by atomic mass is 10.2.